The van der Waals surface area contributed by atoms with Gasteiger partial charge in [-0.05, 0) is 19.3 Å². The van der Waals surface area contributed by atoms with Crippen molar-refractivity contribution in [2.75, 3.05) is 24.6 Å². The van der Waals surface area contributed by atoms with Crippen LogP contribution in [0.1, 0.15) is 19.3 Å². The molecule has 0 spiro atoms. The average molecular weight is 285 g/mol. The molecule has 2 aliphatic rings. The molecule has 19 heavy (non-hydrogen) atoms. The van der Waals surface area contributed by atoms with Crippen LogP contribution in [0.4, 0.5) is 0 Å². The van der Waals surface area contributed by atoms with Crippen molar-refractivity contribution >= 4 is 29.5 Å². The minimum atomic E-state index is -0.420. The maximum absolute atomic E-state index is 11.8. The van der Waals surface area contributed by atoms with Gasteiger partial charge in [-0.25, -0.2) is 0 Å². The Morgan fingerprint density at radius 3 is 2.79 bits per heavy atom. The van der Waals surface area contributed by atoms with E-state index in [-0.39, 0.29) is 29.2 Å². The molecule has 0 radical (unpaired) electrons. The molecular weight excluding hydrogens is 266 g/mol. The molecule has 2 fully saturated rings. The van der Waals surface area contributed by atoms with Crippen LogP contribution in [0.2, 0.25) is 0 Å². The third-order valence-corrected chi connectivity index (χ3v) is 4.59. The highest BCUT2D eigenvalue weighted by molar-refractivity contribution is 8.00. The first-order chi connectivity index (χ1) is 9.08. The van der Waals surface area contributed by atoms with Crippen molar-refractivity contribution in [1.82, 2.24) is 10.2 Å². The lowest BCUT2D eigenvalue weighted by molar-refractivity contribution is -0.134. The first-order valence-electron chi connectivity index (χ1n) is 6.51. The number of amides is 3. The predicted octanol–water partition coefficient (Wildman–Crippen LogP) is -0.668. The fraction of sp³-hybridized carbons (Fsp3) is 0.750. The Labute approximate surface area is 116 Å². The Kier molecular flexibility index (Phi) is 4.68. The number of piperidine rings is 1. The van der Waals surface area contributed by atoms with Gasteiger partial charge in [0, 0.05) is 25.0 Å². The Hall–Kier alpha value is -1.24. The number of nitrogens with two attached hydrogens (primary N) is 1. The molecule has 3 amide bonds. The molecule has 1 heterocycles. The zero-order chi connectivity index (χ0) is 13.8. The number of likely N-dealkylation sites (tertiary alicyclic amines) is 1. The van der Waals surface area contributed by atoms with E-state index in [4.69, 9.17) is 5.73 Å². The molecule has 0 aromatic carbocycles. The van der Waals surface area contributed by atoms with Crippen LogP contribution >= 0.6 is 11.8 Å². The first kappa shape index (κ1) is 14.2. The van der Waals surface area contributed by atoms with Gasteiger partial charge in [0.15, 0.2) is 0 Å². The Balaban J connectivity index is 1.60. The van der Waals surface area contributed by atoms with Gasteiger partial charge in [-0.1, -0.05) is 0 Å². The Morgan fingerprint density at radius 1 is 1.37 bits per heavy atom. The van der Waals surface area contributed by atoms with Crippen molar-refractivity contribution in [2.45, 2.75) is 25.3 Å². The zero-order valence-electron chi connectivity index (χ0n) is 10.8. The maximum atomic E-state index is 11.8. The number of hydrogen-bond acceptors (Lipinski definition) is 4. The molecule has 1 saturated heterocycles. The SMILES string of the molecule is NC(=O)CSCC(=O)NCCN1C(=O)[C@@H]2CC[C@H]1C2. The van der Waals surface area contributed by atoms with E-state index >= 15 is 0 Å². The zero-order valence-corrected chi connectivity index (χ0v) is 11.6. The number of primary amides is 1. The first-order valence-corrected chi connectivity index (χ1v) is 7.66. The minimum Gasteiger partial charge on any atom is -0.369 e. The highest BCUT2D eigenvalue weighted by Crippen LogP contribution is 2.37. The summed E-state index contributed by atoms with van der Waals surface area (Å²) < 4.78 is 0. The standard InChI is InChI=1S/C12H19N3O3S/c13-10(16)6-19-7-11(17)14-3-4-15-9-2-1-8(5-9)12(15)18/h8-9H,1-7H2,(H2,13,16)(H,14,17)/t8-,9+/m1/s1. The van der Waals surface area contributed by atoms with Gasteiger partial charge in [-0.3, -0.25) is 14.4 Å². The number of hydrogen-bond donors (Lipinski definition) is 2. The van der Waals surface area contributed by atoms with E-state index < -0.39 is 5.91 Å². The van der Waals surface area contributed by atoms with E-state index in [1.165, 1.54) is 11.8 Å². The molecule has 0 aromatic heterocycles. The number of fused-ring (bicyclic) bond motifs is 2. The summed E-state index contributed by atoms with van der Waals surface area (Å²) in [5, 5.41) is 2.76. The largest absolute Gasteiger partial charge is 0.369 e. The number of carbonyl (C=O) groups is 3. The molecule has 1 saturated carbocycles. The van der Waals surface area contributed by atoms with Crippen molar-refractivity contribution in [3.8, 4) is 0 Å². The van der Waals surface area contributed by atoms with E-state index in [9.17, 15) is 14.4 Å². The molecule has 1 aliphatic carbocycles. The predicted molar refractivity (Wildman–Crippen MR) is 72.4 cm³/mol. The van der Waals surface area contributed by atoms with E-state index in [2.05, 4.69) is 5.32 Å². The van der Waals surface area contributed by atoms with Gasteiger partial charge < -0.3 is 16.0 Å². The van der Waals surface area contributed by atoms with Gasteiger partial charge in [0.2, 0.25) is 17.7 Å². The van der Waals surface area contributed by atoms with Crippen molar-refractivity contribution in [3.63, 3.8) is 0 Å². The maximum Gasteiger partial charge on any atom is 0.230 e. The van der Waals surface area contributed by atoms with Crippen LogP contribution in [-0.4, -0.2) is 53.3 Å². The summed E-state index contributed by atoms with van der Waals surface area (Å²) in [5.74, 6) is 0.310. The third-order valence-electron chi connectivity index (χ3n) is 3.63. The lowest BCUT2D eigenvalue weighted by Gasteiger charge is -2.27. The average Bonchev–Trinajstić information content (AvgIpc) is 2.92. The highest BCUT2D eigenvalue weighted by Gasteiger charge is 2.43. The molecule has 1 aliphatic heterocycles. The van der Waals surface area contributed by atoms with Gasteiger partial charge in [-0.15, -0.1) is 11.8 Å². The number of rotatable bonds is 7. The van der Waals surface area contributed by atoms with Crippen LogP contribution < -0.4 is 11.1 Å². The van der Waals surface area contributed by atoms with Crippen LogP contribution in [0, 0.1) is 5.92 Å². The summed E-state index contributed by atoms with van der Waals surface area (Å²) >= 11 is 1.20. The van der Waals surface area contributed by atoms with Crippen molar-refractivity contribution < 1.29 is 14.4 Å². The van der Waals surface area contributed by atoms with Crippen LogP contribution in [-0.2, 0) is 14.4 Å². The second-order valence-corrected chi connectivity index (χ2v) is 5.99. The van der Waals surface area contributed by atoms with Gasteiger partial charge in [-0.2, -0.15) is 0 Å². The number of carbonyl (C=O) groups excluding carboxylic acids is 3. The Bertz CT molecular complexity index is 388. The summed E-state index contributed by atoms with van der Waals surface area (Å²) in [6.45, 7) is 1.07. The molecular formula is C12H19N3O3S. The van der Waals surface area contributed by atoms with E-state index in [1.807, 2.05) is 4.90 Å². The van der Waals surface area contributed by atoms with Crippen LogP contribution in [0.25, 0.3) is 0 Å². The highest BCUT2D eigenvalue weighted by atomic mass is 32.2. The smallest absolute Gasteiger partial charge is 0.230 e. The number of nitrogens with one attached hydrogen (secondary N) is 1. The van der Waals surface area contributed by atoms with E-state index in [0.717, 1.165) is 19.3 Å². The summed E-state index contributed by atoms with van der Waals surface area (Å²) in [6, 6.07) is 0.388. The molecule has 6 nitrogen and oxygen atoms in total. The number of thioether (sulfide) groups is 1. The monoisotopic (exact) mass is 285 g/mol. The molecule has 3 N–H and O–H groups in total. The topological polar surface area (TPSA) is 92.5 Å². The molecule has 0 unspecified atom stereocenters. The summed E-state index contributed by atoms with van der Waals surface area (Å²) in [4.78, 5) is 35.7. The molecule has 0 aromatic rings. The molecule has 2 rings (SSSR count). The quantitative estimate of drug-likeness (QED) is 0.649. The summed E-state index contributed by atoms with van der Waals surface area (Å²) in [6.07, 6.45) is 3.11. The normalized spacial score (nSPS) is 24.8. The fourth-order valence-corrected chi connectivity index (χ4v) is 3.37. The summed E-state index contributed by atoms with van der Waals surface area (Å²) in [5.41, 5.74) is 4.98. The van der Waals surface area contributed by atoms with Gasteiger partial charge in [0.25, 0.3) is 0 Å². The fourth-order valence-electron chi connectivity index (χ4n) is 2.78. The lowest BCUT2D eigenvalue weighted by atomic mass is 10.1. The van der Waals surface area contributed by atoms with Crippen LogP contribution in [0.15, 0.2) is 0 Å². The van der Waals surface area contributed by atoms with Crippen molar-refractivity contribution in [3.05, 3.63) is 0 Å². The van der Waals surface area contributed by atoms with Crippen LogP contribution in [0.5, 0.6) is 0 Å². The minimum absolute atomic E-state index is 0.122. The second kappa shape index (κ2) is 6.27. The molecule has 2 bridgehead atoms. The molecule has 7 heteroatoms. The van der Waals surface area contributed by atoms with E-state index in [1.54, 1.807) is 0 Å². The van der Waals surface area contributed by atoms with Gasteiger partial charge >= 0.3 is 0 Å². The van der Waals surface area contributed by atoms with Gasteiger partial charge in [0.1, 0.15) is 0 Å². The summed E-state index contributed by atoms with van der Waals surface area (Å²) in [7, 11) is 0. The Morgan fingerprint density at radius 2 is 2.16 bits per heavy atom. The lowest BCUT2D eigenvalue weighted by Crippen LogP contribution is -2.42. The van der Waals surface area contributed by atoms with Crippen LogP contribution in [0.3, 0.4) is 0 Å². The van der Waals surface area contributed by atoms with Crippen molar-refractivity contribution in [2.24, 2.45) is 11.7 Å². The molecule has 106 valence electrons. The third kappa shape index (κ3) is 3.62. The van der Waals surface area contributed by atoms with Crippen molar-refractivity contribution in [1.29, 1.82) is 0 Å². The van der Waals surface area contributed by atoms with Gasteiger partial charge in [0.05, 0.1) is 11.5 Å². The molecule has 2 atom stereocenters. The second-order valence-electron chi connectivity index (χ2n) is 5.00. The number of nitrogens with zero attached hydrogens (tertiary/aromatic N) is 1. The van der Waals surface area contributed by atoms with E-state index in [0.29, 0.717) is 19.1 Å².